The van der Waals surface area contributed by atoms with Crippen LogP contribution in [0.2, 0.25) is 0 Å². The molecule has 0 saturated carbocycles. The molecule has 17 heavy (non-hydrogen) atoms. The molecule has 0 aliphatic rings. The fraction of sp³-hybridized carbons (Fsp3) is 0.538. The van der Waals surface area contributed by atoms with Gasteiger partial charge in [0.15, 0.2) is 11.5 Å². The van der Waals surface area contributed by atoms with E-state index >= 15 is 0 Å². The first-order chi connectivity index (χ1) is 8.05. The zero-order valence-electron chi connectivity index (χ0n) is 10.7. The summed E-state index contributed by atoms with van der Waals surface area (Å²) < 4.78 is 10.8. The van der Waals surface area contributed by atoms with Crippen molar-refractivity contribution in [2.45, 2.75) is 25.9 Å². The third-order valence-electron chi connectivity index (χ3n) is 2.64. The van der Waals surface area contributed by atoms with E-state index < -0.39 is 5.60 Å². The Morgan fingerprint density at radius 1 is 1.35 bits per heavy atom. The molecule has 0 fully saturated rings. The van der Waals surface area contributed by atoms with Crippen LogP contribution in [-0.2, 0) is 5.60 Å². The summed E-state index contributed by atoms with van der Waals surface area (Å²) >= 11 is 0. The predicted molar refractivity (Wildman–Crippen MR) is 67.4 cm³/mol. The summed E-state index contributed by atoms with van der Waals surface area (Å²) in [4.78, 5) is 0. The zero-order valence-corrected chi connectivity index (χ0v) is 10.7. The first kappa shape index (κ1) is 13.8. The van der Waals surface area contributed by atoms with Crippen molar-refractivity contribution < 1.29 is 14.6 Å². The van der Waals surface area contributed by atoms with E-state index in [4.69, 9.17) is 15.2 Å². The second kappa shape index (κ2) is 5.89. The van der Waals surface area contributed by atoms with Crippen molar-refractivity contribution >= 4 is 0 Å². The standard InChI is InChI=1S/C13H21NO3/c1-4-7-17-11-6-5-10(8-12(11)16-3)13(2,15)9-14/h5-6,8,15H,4,7,9,14H2,1-3H3. The predicted octanol–water partition coefficient (Wildman–Crippen LogP) is 1.65. The van der Waals surface area contributed by atoms with Crippen molar-refractivity contribution in [3.8, 4) is 11.5 Å². The van der Waals surface area contributed by atoms with Crippen molar-refractivity contribution in [1.29, 1.82) is 0 Å². The summed E-state index contributed by atoms with van der Waals surface area (Å²) in [6.45, 7) is 4.52. The number of hydrogen-bond acceptors (Lipinski definition) is 4. The number of hydrogen-bond donors (Lipinski definition) is 2. The lowest BCUT2D eigenvalue weighted by atomic mass is 9.96. The molecule has 1 atom stereocenters. The van der Waals surface area contributed by atoms with E-state index in [1.165, 1.54) is 0 Å². The number of benzene rings is 1. The smallest absolute Gasteiger partial charge is 0.161 e. The molecule has 1 unspecified atom stereocenters. The van der Waals surface area contributed by atoms with Crippen molar-refractivity contribution in [3.63, 3.8) is 0 Å². The highest BCUT2D eigenvalue weighted by atomic mass is 16.5. The molecule has 0 spiro atoms. The molecule has 0 aromatic heterocycles. The summed E-state index contributed by atoms with van der Waals surface area (Å²) in [5, 5.41) is 10.1. The molecule has 1 aromatic rings. The molecule has 0 radical (unpaired) electrons. The Hall–Kier alpha value is -1.26. The van der Waals surface area contributed by atoms with Gasteiger partial charge in [-0.05, 0) is 31.0 Å². The van der Waals surface area contributed by atoms with Crippen LogP contribution in [0, 0.1) is 0 Å². The third-order valence-corrected chi connectivity index (χ3v) is 2.64. The number of ether oxygens (including phenoxy) is 2. The molecular weight excluding hydrogens is 218 g/mol. The van der Waals surface area contributed by atoms with Gasteiger partial charge in [-0.25, -0.2) is 0 Å². The minimum atomic E-state index is -1.05. The van der Waals surface area contributed by atoms with Gasteiger partial charge in [-0.15, -0.1) is 0 Å². The fourth-order valence-corrected chi connectivity index (χ4v) is 1.45. The molecule has 4 nitrogen and oxygen atoms in total. The largest absolute Gasteiger partial charge is 0.493 e. The Morgan fingerprint density at radius 2 is 2.06 bits per heavy atom. The zero-order chi connectivity index (χ0) is 12.9. The molecular formula is C13H21NO3. The fourth-order valence-electron chi connectivity index (χ4n) is 1.45. The van der Waals surface area contributed by atoms with E-state index in [-0.39, 0.29) is 6.54 Å². The summed E-state index contributed by atoms with van der Waals surface area (Å²) in [6.07, 6.45) is 0.936. The molecule has 0 heterocycles. The highest BCUT2D eigenvalue weighted by Gasteiger charge is 2.22. The quantitative estimate of drug-likeness (QED) is 0.792. The van der Waals surface area contributed by atoms with E-state index in [1.54, 1.807) is 32.2 Å². The van der Waals surface area contributed by atoms with Crippen LogP contribution in [0.5, 0.6) is 11.5 Å². The summed E-state index contributed by atoms with van der Waals surface area (Å²) in [7, 11) is 1.58. The number of aliphatic hydroxyl groups is 1. The van der Waals surface area contributed by atoms with Crippen LogP contribution in [0.1, 0.15) is 25.8 Å². The van der Waals surface area contributed by atoms with Gasteiger partial charge in [0, 0.05) is 6.54 Å². The van der Waals surface area contributed by atoms with Crippen LogP contribution in [0.4, 0.5) is 0 Å². The minimum Gasteiger partial charge on any atom is -0.493 e. The summed E-state index contributed by atoms with van der Waals surface area (Å²) in [5.41, 5.74) is 5.20. The van der Waals surface area contributed by atoms with Crippen molar-refractivity contribution in [1.82, 2.24) is 0 Å². The van der Waals surface area contributed by atoms with Gasteiger partial charge in [-0.2, -0.15) is 0 Å². The van der Waals surface area contributed by atoms with Crippen LogP contribution in [0.25, 0.3) is 0 Å². The number of methoxy groups -OCH3 is 1. The molecule has 96 valence electrons. The van der Waals surface area contributed by atoms with Crippen molar-refractivity contribution in [2.24, 2.45) is 5.73 Å². The molecule has 0 aliphatic heterocycles. The van der Waals surface area contributed by atoms with E-state index in [2.05, 4.69) is 0 Å². The summed E-state index contributed by atoms with van der Waals surface area (Å²) in [6, 6.07) is 5.37. The highest BCUT2D eigenvalue weighted by molar-refractivity contribution is 5.44. The molecule has 3 N–H and O–H groups in total. The van der Waals surface area contributed by atoms with Crippen LogP contribution < -0.4 is 15.2 Å². The molecule has 4 heteroatoms. The first-order valence-electron chi connectivity index (χ1n) is 5.79. The molecule has 0 bridgehead atoms. The molecule has 0 saturated heterocycles. The van der Waals surface area contributed by atoms with Crippen LogP contribution >= 0.6 is 0 Å². The van der Waals surface area contributed by atoms with E-state index in [0.717, 1.165) is 12.0 Å². The maximum absolute atomic E-state index is 10.1. The SMILES string of the molecule is CCCOc1ccc(C(C)(O)CN)cc1OC. The second-order valence-corrected chi connectivity index (χ2v) is 4.19. The number of nitrogens with two attached hydrogens (primary N) is 1. The van der Waals surface area contributed by atoms with Crippen LogP contribution in [0.3, 0.4) is 0 Å². The lowest BCUT2D eigenvalue weighted by molar-refractivity contribution is 0.0665. The van der Waals surface area contributed by atoms with Crippen LogP contribution in [0.15, 0.2) is 18.2 Å². The van der Waals surface area contributed by atoms with Gasteiger partial charge in [0.05, 0.1) is 19.3 Å². The average Bonchev–Trinajstić information content (AvgIpc) is 2.35. The van der Waals surface area contributed by atoms with Crippen molar-refractivity contribution in [2.75, 3.05) is 20.3 Å². The maximum atomic E-state index is 10.1. The Balaban J connectivity index is 3.00. The van der Waals surface area contributed by atoms with E-state index in [1.807, 2.05) is 6.92 Å². The molecule has 0 amide bonds. The highest BCUT2D eigenvalue weighted by Crippen LogP contribution is 2.32. The van der Waals surface area contributed by atoms with Gasteiger partial charge >= 0.3 is 0 Å². The number of rotatable bonds is 6. The topological polar surface area (TPSA) is 64.7 Å². The van der Waals surface area contributed by atoms with Crippen LogP contribution in [-0.4, -0.2) is 25.4 Å². The Bertz CT molecular complexity index is 364. The van der Waals surface area contributed by atoms with Gasteiger partial charge < -0.3 is 20.3 Å². The minimum absolute atomic E-state index is 0.158. The molecule has 0 aliphatic carbocycles. The van der Waals surface area contributed by atoms with Gasteiger partial charge in [-0.3, -0.25) is 0 Å². The third kappa shape index (κ3) is 3.35. The maximum Gasteiger partial charge on any atom is 0.161 e. The molecule has 1 rings (SSSR count). The van der Waals surface area contributed by atoms with E-state index in [0.29, 0.717) is 18.1 Å². The Kier molecular flexibility index (Phi) is 4.78. The van der Waals surface area contributed by atoms with Gasteiger partial charge in [0.2, 0.25) is 0 Å². The monoisotopic (exact) mass is 239 g/mol. The summed E-state index contributed by atoms with van der Waals surface area (Å²) in [5.74, 6) is 1.30. The normalized spacial score (nSPS) is 14.2. The average molecular weight is 239 g/mol. The van der Waals surface area contributed by atoms with Gasteiger partial charge in [-0.1, -0.05) is 13.0 Å². The first-order valence-corrected chi connectivity index (χ1v) is 5.79. The Labute approximate surface area is 102 Å². The lowest BCUT2D eigenvalue weighted by Gasteiger charge is -2.22. The molecule has 1 aromatic carbocycles. The van der Waals surface area contributed by atoms with Crippen molar-refractivity contribution in [3.05, 3.63) is 23.8 Å². The lowest BCUT2D eigenvalue weighted by Crippen LogP contribution is -2.31. The van der Waals surface area contributed by atoms with E-state index in [9.17, 15) is 5.11 Å². The Morgan fingerprint density at radius 3 is 2.59 bits per heavy atom. The van der Waals surface area contributed by atoms with Gasteiger partial charge in [0.25, 0.3) is 0 Å². The second-order valence-electron chi connectivity index (χ2n) is 4.19. The van der Waals surface area contributed by atoms with Gasteiger partial charge in [0.1, 0.15) is 0 Å².